The van der Waals surface area contributed by atoms with E-state index in [9.17, 15) is 13.2 Å². The molecule has 0 radical (unpaired) electrons. The Labute approximate surface area is 159 Å². The van der Waals surface area contributed by atoms with Crippen LogP contribution in [0.15, 0.2) is 30.7 Å². The lowest BCUT2D eigenvalue weighted by Crippen LogP contribution is -2.36. The zero-order valence-electron chi connectivity index (χ0n) is 15.2. The lowest BCUT2D eigenvalue weighted by molar-refractivity contribution is -0.141. The first kappa shape index (κ1) is 18.5. The number of hydrogen-bond donors (Lipinski definition) is 0. The Morgan fingerprint density at radius 1 is 1.14 bits per heavy atom. The van der Waals surface area contributed by atoms with Crippen molar-refractivity contribution in [1.82, 2.24) is 24.6 Å². The van der Waals surface area contributed by atoms with Gasteiger partial charge in [0.2, 0.25) is 5.65 Å². The van der Waals surface area contributed by atoms with Crippen LogP contribution < -0.4 is 9.64 Å². The molecule has 0 spiro atoms. The molecule has 7 nitrogen and oxygen atoms in total. The van der Waals surface area contributed by atoms with Crippen molar-refractivity contribution in [2.75, 3.05) is 24.6 Å². The van der Waals surface area contributed by atoms with E-state index in [1.807, 2.05) is 17.5 Å². The molecule has 0 saturated carbocycles. The largest absolute Gasteiger partial charge is 0.493 e. The molecule has 4 heterocycles. The molecule has 0 N–H and O–H groups in total. The topological polar surface area (TPSA) is 68.4 Å². The number of hydrogen-bond acceptors (Lipinski definition) is 6. The fourth-order valence-electron chi connectivity index (χ4n) is 3.33. The van der Waals surface area contributed by atoms with Gasteiger partial charge in [-0.05, 0) is 31.7 Å². The maximum absolute atomic E-state index is 12.7. The highest BCUT2D eigenvalue weighted by Gasteiger charge is 2.32. The molecule has 0 amide bonds. The van der Waals surface area contributed by atoms with Crippen LogP contribution in [-0.4, -0.2) is 44.3 Å². The Balaban J connectivity index is 1.36. The molecule has 1 saturated heterocycles. The van der Waals surface area contributed by atoms with E-state index in [4.69, 9.17) is 4.74 Å². The minimum Gasteiger partial charge on any atom is -0.493 e. The van der Waals surface area contributed by atoms with Gasteiger partial charge in [-0.2, -0.15) is 13.2 Å². The lowest BCUT2D eigenvalue weighted by Gasteiger charge is -2.32. The van der Waals surface area contributed by atoms with Gasteiger partial charge in [-0.1, -0.05) is 0 Å². The summed E-state index contributed by atoms with van der Waals surface area (Å²) < 4.78 is 45.7. The molecule has 10 heteroatoms. The number of ether oxygens (including phenoxy) is 1. The van der Waals surface area contributed by atoms with Crippen molar-refractivity contribution in [3.05, 3.63) is 42.2 Å². The normalized spacial score (nSPS) is 15.9. The summed E-state index contributed by atoms with van der Waals surface area (Å²) in [6.07, 6.45) is 1.92. The number of nitrogens with zero attached hydrogens (tertiary/aromatic N) is 6. The number of aromatic nitrogens is 5. The standard InChI is InChI=1S/C18H19F3N6O/c1-12-24-25-17-16(23-6-9-27(12)17)26-7-3-13(4-8-26)11-28-14-2-5-22-15(10-14)18(19,20)21/h2,5-6,9-10,13H,3-4,7-8,11H2,1H3. The Morgan fingerprint density at radius 2 is 1.93 bits per heavy atom. The van der Waals surface area contributed by atoms with Crippen molar-refractivity contribution in [3.8, 4) is 5.75 Å². The number of rotatable bonds is 4. The second kappa shape index (κ2) is 7.25. The number of piperidine rings is 1. The number of anilines is 1. The Morgan fingerprint density at radius 3 is 2.68 bits per heavy atom. The van der Waals surface area contributed by atoms with Crippen LogP contribution in [0.1, 0.15) is 24.4 Å². The first-order chi connectivity index (χ1) is 13.4. The molecular formula is C18H19F3N6O. The first-order valence-electron chi connectivity index (χ1n) is 8.99. The molecule has 0 aliphatic carbocycles. The third-order valence-corrected chi connectivity index (χ3v) is 4.90. The van der Waals surface area contributed by atoms with Gasteiger partial charge in [0.25, 0.3) is 0 Å². The Hall–Kier alpha value is -2.91. The van der Waals surface area contributed by atoms with Crippen LogP contribution in [0.4, 0.5) is 19.0 Å². The quantitative estimate of drug-likeness (QED) is 0.680. The number of halogens is 3. The fourth-order valence-corrected chi connectivity index (χ4v) is 3.33. The minimum atomic E-state index is -4.47. The Bertz CT molecular complexity index is 965. The van der Waals surface area contributed by atoms with E-state index in [0.717, 1.165) is 55.5 Å². The molecule has 1 aliphatic heterocycles. The molecule has 0 atom stereocenters. The van der Waals surface area contributed by atoms with E-state index in [-0.39, 0.29) is 11.7 Å². The van der Waals surface area contributed by atoms with Gasteiger partial charge in [-0.15, -0.1) is 10.2 Å². The van der Waals surface area contributed by atoms with E-state index < -0.39 is 11.9 Å². The highest BCUT2D eigenvalue weighted by Crippen LogP contribution is 2.30. The summed E-state index contributed by atoms with van der Waals surface area (Å²) in [5.74, 6) is 2.05. The molecule has 3 aromatic heterocycles. The average Bonchev–Trinajstić information content (AvgIpc) is 3.08. The molecular weight excluding hydrogens is 373 g/mol. The maximum atomic E-state index is 12.7. The van der Waals surface area contributed by atoms with Gasteiger partial charge in [-0.25, -0.2) is 4.98 Å². The summed E-state index contributed by atoms with van der Waals surface area (Å²) in [5, 5.41) is 8.30. The van der Waals surface area contributed by atoms with Gasteiger partial charge < -0.3 is 9.64 Å². The molecule has 0 unspecified atom stereocenters. The summed E-state index contributed by atoms with van der Waals surface area (Å²) in [6.45, 7) is 3.81. The fraction of sp³-hybridized carbons (Fsp3) is 0.444. The van der Waals surface area contributed by atoms with Crippen molar-refractivity contribution in [1.29, 1.82) is 0 Å². The summed E-state index contributed by atoms with van der Waals surface area (Å²) in [7, 11) is 0. The van der Waals surface area contributed by atoms with Crippen LogP contribution in [0.3, 0.4) is 0 Å². The van der Waals surface area contributed by atoms with E-state index >= 15 is 0 Å². The Kier molecular flexibility index (Phi) is 4.78. The molecule has 28 heavy (non-hydrogen) atoms. The molecule has 0 aromatic carbocycles. The third kappa shape index (κ3) is 3.71. The van der Waals surface area contributed by atoms with Crippen LogP contribution >= 0.6 is 0 Å². The van der Waals surface area contributed by atoms with Gasteiger partial charge in [0.05, 0.1) is 6.61 Å². The van der Waals surface area contributed by atoms with Gasteiger partial charge in [0, 0.05) is 37.7 Å². The minimum absolute atomic E-state index is 0.190. The number of fused-ring (bicyclic) bond motifs is 1. The van der Waals surface area contributed by atoms with Crippen molar-refractivity contribution in [3.63, 3.8) is 0 Å². The van der Waals surface area contributed by atoms with Crippen molar-refractivity contribution in [2.24, 2.45) is 5.92 Å². The lowest BCUT2D eigenvalue weighted by atomic mass is 9.98. The van der Waals surface area contributed by atoms with Crippen LogP contribution in [0, 0.1) is 12.8 Å². The summed E-state index contributed by atoms with van der Waals surface area (Å²) in [6, 6.07) is 2.38. The predicted molar refractivity (Wildman–Crippen MR) is 95.2 cm³/mol. The summed E-state index contributed by atoms with van der Waals surface area (Å²) >= 11 is 0. The van der Waals surface area contributed by atoms with Gasteiger partial charge in [-0.3, -0.25) is 9.38 Å². The molecule has 4 rings (SSSR count). The van der Waals surface area contributed by atoms with E-state index in [1.165, 1.54) is 6.07 Å². The second-order valence-corrected chi connectivity index (χ2v) is 6.81. The second-order valence-electron chi connectivity index (χ2n) is 6.81. The number of pyridine rings is 1. The molecule has 0 bridgehead atoms. The highest BCUT2D eigenvalue weighted by molar-refractivity contribution is 5.63. The van der Waals surface area contributed by atoms with E-state index in [2.05, 4.69) is 25.1 Å². The summed E-state index contributed by atoms with van der Waals surface area (Å²) in [5.41, 5.74) is -0.214. The first-order valence-corrected chi connectivity index (χ1v) is 8.99. The SMILES string of the molecule is Cc1nnc2c(N3CCC(COc4ccnc(C(F)(F)F)c4)CC3)nccn12. The average molecular weight is 392 g/mol. The third-order valence-electron chi connectivity index (χ3n) is 4.90. The molecule has 148 valence electrons. The van der Waals surface area contributed by atoms with Crippen LogP contribution in [0.25, 0.3) is 5.65 Å². The van der Waals surface area contributed by atoms with Crippen LogP contribution in [-0.2, 0) is 6.18 Å². The number of alkyl halides is 3. The van der Waals surface area contributed by atoms with Gasteiger partial charge in [0.1, 0.15) is 17.3 Å². The van der Waals surface area contributed by atoms with Crippen molar-refractivity contribution in [2.45, 2.75) is 25.9 Å². The van der Waals surface area contributed by atoms with Crippen LogP contribution in [0.5, 0.6) is 5.75 Å². The number of aryl methyl sites for hydroxylation is 1. The van der Waals surface area contributed by atoms with Gasteiger partial charge in [0.15, 0.2) is 5.82 Å². The predicted octanol–water partition coefficient (Wildman–Crippen LogP) is 3.14. The van der Waals surface area contributed by atoms with Crippen LogP contribution in [0.2, 0.25) is 0 Å². The van der Waals surface area contributed by atoms with Gasteiger partial charge >= 0.3 is 6.18 Å². The zero-order chi connectivity index (χ0) is 19.7. The molecule has 3 aromatic rings. The molecule has 1 fully saturated rings. The van der Waals surface area contributed by atoms with Crippen molar-refractivity contribution < 1.29 is 17.9 Å². The van der Waals surface area contributed by atoms with Crippen molar-refractivity contribution >= 4 is 11.5 Å². The zero-order valence-corrected chi connectivity index (χ0v) is 15.2. The van der Waals surface area contributed by atoms with E-state index in [1.54, 1.807) is 6.20 Å². The highest BCUT2D eigenvalue weighted by atomic mass is 19.4. The van der Waals surface area contributed by atoms with E-state index in [0.29, 0.717) is 6.61 Å². The maximum Gasteiger partial charge on any atom is 0.433 e. The molecule has 1 aliphatic rings. The monoisotopic (exact) mass is 392 g/mol. The smallest absolute Gasteiger partial charge is 0.433 e. The summed E-state index contributed by atoms with van der Waals surface area (Å²) in [4.78, 5) is 9.96.